The zero-order valence-electron chi connectivity index (χ0n) is 11.5. The third-order valence-corrected chi connectivity index (χ3v) is 5.76. The zero-order chi connectivity index (χ0) is 14.8. The van der Waals surface area contributed by atoms with Gasteiger partial charge in [0.2, 0.25) is 10.0 Å². The van der Waals surface area contributed by atoms with E-state index in [1.165, 1.54) is 6.07 Å². The number of methoxy groups -OCH3 is 1. The Morgan fingerprint density at radius 3 is 2.85 bits per heavy atom. The summed E-state index contributed by atoms with van der Waals surface area (Å²) in [5.41, 5.74) is 0. The molecule has 20 heavy (non-hydrogen) atoms. The van der Waals surface area contributed by atoms with Crippen molar-refractivity contribution < 1.29 is 17.6 Å². The van der Waals surface area contributed by atoms with Crippen molar-refractivity contribution >= 4 is 26.0 Å². The van der Waals surface area contributed by atoms with E-state index in [0.717, 1.165) is 12.8 Å². The van der Waals surface area contributed by atoms with Crippen LogP contribution in [0.2, 0.25) is 0 Å². The maximum absolute atomic E-state index is 12.4. The van der Waals surface area contributed by atoms with E-state index in [1.54, 1.807) is 14.2 Å². The number of sulfonamides is 1. The van der Waals surface area contributed by atoms with E-state index in [2.05, 4.69) is 26.0 Å². The second-order valence-electron chi connectivity index (χ2n) is 4.87. The average molecular weight is 367 g/mol. The largest absolute Gasteiger partial charge is 0.452 e. The number of hydrogen-bond acceptors (Lipinski definition) is 5. The van der Waals surface area contributed by atoms with Gasteiger partial charge in [-0.1, -0.05) is 0 Å². The molecule has 114 valence electrons. The Kier molecular flexibility index (Phi) is 5.25. The van der Waals surface area contributed by atoms with E-state index in [9.17, 15) is 8.42 Å². The molecule has 1 aliphatic carbocycles. The van der Waals surface area contributed by atoms with Gasteiger partial charge in [-0.2, -0.15) is 0 Å². The predicted molar refractivity (Wildman–Crippen MR) is 77.9 cm³/mol. The number of hydrogen-bond donors (Lipinski definition) is 2. The zero-order valence-corrected chi connectivity index (χ0v) is 13.9. The molecule has 2 atom stereocenters. The van der Waals surface area contributed by atoms with Crippen molar-refractivity contribution in [2.24, 2.45) is 0 Å². The smallest absolute Gasteiger partial charge is 0.245 e. The van der Waals surface area contributed by atoms with Crippen LogP contribution in [0.5, 0.6) is 0 Å². The maximum atomic E-state index is 12.4. The summed E-state index contributed by atoms with van der Waals surface area (Å²) in [7, 11) is -0.156. The average Bonchev–Trinajstić information content (AvgIpc) is 2.96. The highest BCUT2D eigenvalue weighted by molar-refractivity contribution is 9.10. The molecule has 0 radical (unpaired) electrons. The molecule has 1 saturated carbocycles. The summed E-state index contributed by atoms with van der Waals surface area (Å²) < 4.78 is 38.3. The molecule has 2 rings (SSSR count). The third kappa shape index (κ3) is 3.62. The Bertz CT molecular complexity index is 558. The molecule has 0 amide bonds. The molecular weight excluding hydrogens is 348 g/mol. The van der Waals surface area contributed by atoms with Crippen LogP contribution in [-0.4, -0.2) is 34.7 Å². The second-order valence-corrected chi connectivity index (χ2v) is 7.27. The minimum Gasteiger partial charge on any atom is -0.452 e. The van der Waals surface area contributed by atoms with E-state index in [1.807, 2.05) is 0 Å². The minimum absolute atomic E-state index is 0.0838. The molecular formula is C12H19BrN2O4S. The van der Waals surface area contributed by atoms with Gasteiger partial charge in [0.1, 0.15) is 10.7 Å². The molecule has 1 heterocycles. The van der Waals surface area contributed by atoms with Gasteiger partial charge >= 0.3 is 0 Å². The SMILES string of the molecule is CNCc1cc(S(=O)(=O)NC2CCC(OC)C2)c(Br)o1. The Morgan fingerprint density at radius 2 is 2.25 bits per heavy atom. The fourth-order valence-electron chi connectivity index (χ4n) is 2.39. The van der Waals surface area contributed by atoms with Crippen LogP contribution in [0, 0.1) is 0 Å². The molecule has 1 fully saturated rings. The molecule has 2 unspecified atom stereocenters. The summed E-state index contributed by atoms with van der Waals surface area (Å²) in [6.07, 6.45) is 2.50. The van der Waals surface area contributed by atoms with Gasteiger partial charge in [0.15, 0.2) is 4.67 Å². The minimum atomic E-state index is -3.58. The van der Waals surface area contributed by atoms with E-state index >= 15 is 0 Å². The van der Waals surface area contributed by atoms with Gasteiger partial charge in [-0.15, -0.1) is 0 Å². The standard InChI is InChI=1S/C12H19BrN2O4S/c1-14-7-10-6-11(12(13)19-10)20(16,17)15-8-3-4-9(5-8)18-2/h6,8-9,14-15H,3-5,7H2,1-2H3. The van der Waals surface area contributed by atoms with Crippen LogP contribution in [0.3, 0.4) is 0 Å². The van der Waals surface area contributed by atoms with Crippen LogP contribution in [0.15, 0.2) is 20.0 Å². The van der Waals surface area contributed by atoms with Gasteiger partial charge in [-0.3, -0.25) is 0 Å². The molecule has 6 nitrogen and oxygen atoms in total. The van der Waals surface area contributed by atoms with Crippen LogP contribution in [0.1, 0.15) is 25.0 Å². The molecule has 0 saturated heterocycles. The number of halogens is 1. The van der Waals surface area contributed by atoms with Gasteiger partial charge in [0, 0.05) is 19.2 Å². The second kappa shape index (κ2) is 6.57. The first-order chi connectivity index (χ1) is 9.46. The molecule has 1 aromatic rings. The van der Waals surface area contributed by atoms with Gasteiger partial charge in [-0.25, -0.2) is 13.1 Å². The highest BCUT2D eigenvalue weighted by Crippen LogP contribution is 2.28. The van der Waals surface area contributed by atoms with Crippen molar-refractivity contribution in [3.63, 3.8) is 0 Å². The van der Waals surface area contributed by atoms with Crippen LogP contribution in [0.25, 0.3) is 0 Å². The predicted octanol–water partition coefficient (Wildman–Crippen LogP) is 1.61. The summed E-state index contributed by atoms with van der Waals surface area (Å²) in [6.45, 7) is 0.475. The third-order valence-electron chi connectivity index (χ3n) is 3.39. The lowest BCUT2D eigenvalue weighted by molar-refractivity contribution is 0.107. The molecule has 0 spiro atoms. The summed E-state index contributed by atoms with van der Waals surface area (Å²) in [5.74, 6) is 0.570. The topological polar surface area (TPSA) is 80.6 Å². The molecule has 1 aliphatic rings. The Morgan fingerprint density at radius 1 is 1.50 bits per heavy atom. The van der Waals surface area contributed by atoms with E-state index in [4.69, 9.17) is 9.15 Å². The lowest BCUT2D eigenvalue weighted by Crippen LogP contribution is -2.33. The molecule has 8 heteroatoms. The first-order valence-electron chi connectivity index (χ1n) is 6.44. The first kappa shape index (κ1) is 16.0. The summed E-state index contributed by atoms with van der Waals surface area (Å²) in [4.78, 5) is 0.142. The number of nitrogens with one attached hydrogen (secondary N) is 2. The molecule has 1 aromatic heterocycles. The van der Waals surface area contributed by atoms with Crippen molar-refractivity contribution in [2.45, 2.75) is 42.8 Å². The number of furan rings is 1. The van der Waals surface area contributed by atoms with Gasteiger partial charge in [0.05, 0.1) is 12.6 Å². The van der Waals surface area contributed by atoms with Gasteiger partial charge in [-0.05, 0) is 42.2 Å². The fraction of sp³-hybridized carbons (Fsp3) is 0.667. The highest BCUT2D eigenvalue weighted by atomic mass is 79.9. The van der Waals surface area contributed by atoms with Crippen molar-refractivity contribution in [3.05, 3.63) is 16.5 Å². The van der Waals surface area contributed by atoms with Crippen LogP contribution >= 0.6 is 15.9 Å². The monoisotopic (exact) mass is 366 g/mol. The van der Waals surface area contributed by atoms with Crippen LogP contribution < -0.4 is 10.0 Å². The molecule has 0 bridgehead atoms. The van der Waals surface area contributed by atoms with Crippen LogP contribution in [-0.2, 0) is 21.3 Å². The molecule has 0 aliphatic heterocycles. The number of ether oxygens (including phenoxy) is 1. The summed E-state index contributed by atoms with van der Waals surface area (Å²) >= 11 is 3.16. The van der Waals surface area contributed by atoms with Crippen molar-refractivity contribution in [2.75, 3.05) is 14.2 Å². The number of rotatable bonds is 6. The van der Waals surface area contributed by atoms with E-state index in [-0.39, 0.29) is 21.7 Å². The van der Waals surface area contributed by atoms with E-state index < -0.39 is 10.0 Å². The fourth-order valence-corrected chi connectivity index (χ4v) is 4.67. The first-order valence-corrected chi connectivity index (χ1v) is 8.72. The Labute approximate surface area is 127 Å². The summed E-state index contributed by atoms with van der Waals surface area (Å²) in [6, 6.07) is 1.45. The Balaban J connectivity index is 2.10. The molecule has 0 aromatic carbocycles. The maximum Gasteiger partial charge on any atom is 0.245 e. The lowest BCUT2D eigenvalue weighted by atomic mass is 10.3. The highest BCUT2D eigenvalue weighted by Gasteiger charge is 2.30. The molecule has 2 N–H and O–H groups in total. The quantitative estimate of drug-likeness (QED) is 0.799. The van der Waals surface area contributed by atoms with Gasteiger partial charge in [0.25, 0.3) is 0 Å². The normalized spacial score (nSPS) is 23.4. The van der Waals surface area contributed by atoms with Crippen molar-refractivity contribution in [3.8, 4) is 0 Å². The summed E-state index contributed by atoms with van der Waals surface area (Å²) in [5, 5.41) is 2.92. The Hall–Kier alpha value is -0.410. The van der Waals surface area contributed by atoms with Crippen molar-refractivity contribution in [1.29, 1.82) is 0 Å². The van der Waals surface area contributed by atoms with Crippen molar-refractivity contribution in [1.82, 2.24) is 10.0 Å². The van der Waals surface area contributed by atoms with E-state index in [0.29, 0.717) is 18.7 Å². The van der Waals surface area contributed by atoms with Crippen LogP contribution in [0.4, 0.5) is 0 Å². The lowest BCUT2D eigenvalue weighted by Gasteiger charge is -2.12. The van der Waals surface area contributed by atoms with Gasteiger partial charge < -0.3 is 14.5 Å².